The van der Waals surface area contributed by atoms with Crippen LogP contribution in [-0.2, 0) is 0 Å². The van der Waals surface area contributed by atoms with Gasteiger partial charge in [0, 0.05) is 0 Å². The lowest BCUT2D eigenvalue weighted by Gasteiger charge is -2.33. The molecule has 0 saturated carbocycles. The van der Waals surface area contributed by atoms with E-state index in [2.05, 4.69) is 53.8 Å². The highest BCUT2D eigenvalue weighted by Gasteiger charge is 2.31. The second-order valence-corrected chi connectivity index (χ2v) is 10.7. The van der Waals surface area contributed by atoms with Gasteiger partial charge in [-0.3, -0.25) is 0 Å². The first kappa shape index (κ1) is 15.0. The Morgan fingerprint density at radius 2 is 1.07 bits per heavy atom. The Bertz CT molecular complexity index is 153. The molecule has 0 nitrogen and oxygen atoms in total. The Balaban J connectivity index is 4.66. The third-order valence-corrected chi connectivity index (χ3v) is 8.63. The molecule has 0 atom stereocenters. The minimum Gasteiger partial charge on any atom is -0.107 e. The molecule has 0 aliphatic carbocycles. The Morgan fingerprint density at radius 3 is 1.20 bits per heavy atom. The first-order valence-corrected chi connectivity index (χ1v) is 9.15. The normalized spacial score (nSPS) is 12.9. The third kappa shape index (κ3) is 6.19. The van der Waals surface area contributed by atoms with Crippen molar-refractivity contribution < 1.29 is 0 Å². The van der Waals surface area contributed by atoms with E-state index >= 15 is 0 Å². The lowest BCUT2D eigenvalue weighted by Crippen LogP contribution is -2.36. The van der Waals surface area contributed by atoms with Crippen molar-refractivity contribution in [2.24, 2.45) is 17.8 Å². The summed E-state index contributed by atoms with van der Waals surface area (Å²) in [5.41, 5.74) is 2.37. The number of hydrogen-bond acceptors (Lipinski definition) is 0. The molecule has 0 aromatic rings. The molecular weight excluding hydrogens is 196 g/mol. The summed E-state index contributed by atoms with van der Waals surface area (Å²) >= 11 is 0. The van der Waals surface area contributed by atoms with Gasteiger partial charge in [-0.25, -0.2) is 0 Å². The van der Waals surface area contributed by atoms with Crippen molar-refractivity contribution in [3.63, 3.8) is 0 Å². The Kier molecular flexibility index (Phi) is 6.50. The van der Waals surface area contributed by atoms with Gasteiger partial charge in [0.05, 0.1) is 8.07 Å². The lowest BCUT2D eigenvalue weighted by molar-refractivity contribution is 0.649. The second kappa shape index (κ2) is 6.52. The van der Waals surface area contributed by atoms with Crippen LogP contribution in [0.2, 0.25) is 18.1 Å². The molecule has 0 aliphatic rings. The van der Waals surface area contributed by atoms with Crippen molar-refractivity contribution in [3.8, 4) is 0 Å². The van der Waals surface area contributed by atoms with Crippen LogP contribution in [0, 0.1) is 17.8 Å². The minimum absolute atomic E-state index is 0.826. The van der Waals surface area contributed by atoms with E-state index in [0.29, 0.717) is 0 Å². The van der Waals surface area contributed by atoms with Crippen LogP contribution in [0.25, 0.3) is 0 Å². The van der Waals surface area contributed by atoms with Gasteiger partial charge in [-0.05, 0) is 17.8 Å². The molecule has 0 saturated heterocycles. The molecular formula is C14H30Si. The molecule has 90 valence electrons. The Hall–Kier alpha value is -0.0431. The molecule has 0 aliphatic heterocycles. The zero-order valence-electron chi connectivity index (χ0n) is 11.6. The largest absolute Gasteiger partial charge is 0.107 e. The Labute approximate surface area is 98.2 Å². The summed E-state index contributed by atoms with van der Waals surface area (Å²) in [6.07, 6.45) is 0. The van der Waals surface area contributed by atoms with E-state index in [-0.39, 0.29) is 0 Å². The van der Waals surface area contributed by atoms with Crippen LogP contribution in [0.1, 0.15) is 41.5 Å². The first-order valence-electron chi connectivity index (χ1n) is 6.45. The molecule has 0 heterocycles. The maximum absolute atomic E-state index is 4.15. The summed E-state index contributed by atoms with van der Waals surface area (Å²) in [5.74, 6) is 2.48. The highest BCUT2D eigenvalue weighted by molar-refractivity contribution is 6.84. The van der Waals surface area contributed by atoms with E-state index in [1.165, 1.54) is 18.1 Å². The summed E-state index contributed by atoms with van der Waals surface area (Å²) < 4.78 is 0. The summed E-state index contributed by atoms with van der Waals surface area (Å²) in [6.45, 7) is 18.3. The van der Waals surface area contributed by atoms with E-state index in [1.807, 2.05) is 0 Å². The molecule has 0 N–H and O–H groups in total. The van der Waals surface area contributed by atoms with Crippen molar-refractivity contribution in [1.82, 2.24) is 0 Å². The monoisotopic (exact) mass is 226 g/mol. The van der Waals surface area contributed by atoms with Crippen molar-refractivity contribution in [1.29, 1.82) is 0 Å². The lowest BCUT2D eigenvalue weighted by atomic mass is 10.2. The van der Waals surface area contributed by atoms with Gasteiger partial charge in [-0.15, -0.1) is 12.3 Å². The fraction of sp³-hybridized carbons (Fsp3) is 0.857. The SMILES string of the molecule is C=C[Si](CC(C)C)(CC(C)C)CC(C)C. The van der Waals surface area contributed by atoms with Crippen LogP contribution in [0.15, 0.2) is 12.3 Å². The molecule has 0 rings (SSSR count). The maximum atomic E-state index is 4.15. The zero-order valence-corrected chi connectivity index (χ0v) is 12.6. The standard InChI is InChI=1S/C14H30Si/c1-8-15(9-12(2)3,10-13(4)5)11-14(6)7/h8,12-14H,1,9-11H2,2-7H3. The van der Waals surface area contributed by atoms with Gasteiger partial charge in [0.1, 0.15) is 0 Å². The summed E-state index contributed by atoms with van der Waals surface area (Å²) in [7, 11) is -1.19. The van der Waals surface area contributed by atoms with Crippen molar-refractivity contribution in [2.45, 2.75) is 59.7 Å². The van der Waals surface area contributed by atoms with Crippen LogP contribution < -0.4 is 0 Å². The summed E-state index contributed by atoms with van der Waals surface area (Å²) in [4.78, 5) is 0. The highest BCUT2D eigenvalue weighted by Crippen LogP contribution is 2.32. The maximum Gasteiger partial charge on any atom is 0.0778 e. The van der Waals surface area contributed by atoms with Gasteiger partial charge in [-0.1, -0.05) is 59.7 Å². The molecule has 15 heavy (non-hydrogen) atoms. The van der Waals surface area contributed by atoms with Crippen LogP contribution in [0.4, 0.5) is 0 Å². The molecule has 0 amide bonds. The number of rotatable bonds is 7. The van der Waals surface area contributed by atoms with E-state index in [4.69, 9.17) is 0 Å². The van der Waals surface area contributed by atoms with Gasteiger partial charge >= 0.3 is 0 Å². The van der Waals surface area contributed by atoms with E-state index < -0.39 is 8.07 Å². The Morgan fingerprint density at radius 1 is 0.800 bits per heavy atom. The smallest absolute Gasteiger partial charge is 0.0778 e. The first-order chi connectivity index (χ1) is 6.81. The van der Waals surface area contributed by atoms with Crippen molar-refractivity contribution >= 4 is 8.07 Å². The van der Waals surface area contributed by atoms with Gasteiger partial charge in [-0.2, -0.15) is 0 Å². The van der Waals surface area contributed by atoms with Crippen LogP contribution in [-0.4, -0.2) is 8.07 Å². The highest BCUT2D eigenvalue weighted by atomic mass is 28.3. The molecule has 0 bridgehead atoms. The van der Waals surface area contributed by atoms with Crippen molar-refractivity contribution in [3.05, 3.63) is 12.3 Å². The number of hydrogen-bond donors (Lipinski definition) is 0. The topological polar surface area (TPSA) is 0 Å². The fourth-order valence-electron chi connectivity index (χ4n) is 2.94. The summed E-state index contributed by atoms with van der Waals surface area (Å²) in [6, 6.07) is 4.27. The molecule has 1 heteroatoms. The van der Waals surface area contributed by atoms with E-state index in [0.717, 1.165) is 17.8 Å². The predicted molar refractivity (Wildman–Crippen MR) is 74.9 cm³/mol. The van der Waals surface area contributed by atoms with Crippen LogP contribution in [0.5, 0.6) is 0 Å². The average molecular weight is 226 g/mol. The fourth-order valence-corrected chi connectivity index (χ4v) is 8.82. The van der Waals surface area contributed by atoms with E-state index in [9.17, 15) is 0 Å². The van der Waals surface area contributed by atoms with Gasteiger partial charge in [0.2, 0.25) is 0 Å². The molecule has 0 aromatic heterocycles. The van der Waals surface area contributed by atoms with Gasteiger partial charge in [0.25, 0.3) is 0 Å². The molecule has 0 radical (unpaired) electrons. The summed E-state index contributed by atoms with van der Waals surface area (Å²) in [5, 5.41) is 0. The van der Waals surface area contributed by atoms with Crippen LogP contribution in [0.3, 0.4) is 0 Å². The quantitative estimate of drug-likeness (QED) is 0.528. The second-order valence-electron chi connectivity index (χ2n) is 6.36. The predicted octanol–water partition coefficient (Wildman–Crippen LogP) is 5.13. The minimum atomic E-state index is -1.19. The van der Waals surface area contributed by atoms with Gasteiger partial charge in [0.15, 0.2) is 0 Å². The molecule has 0 aromatic carbocycles. The average Bonchev–Trinajstić information content (AvgIpc) is 1.99. The van der Waals surface area contributed by atoms with Crippen LogP contribution >= 0.6 is 0 Å². The molecule has 0 unspecified atom stereocenters. The molecule has 0 fully saturated rings. The van der Waals surface area contributed by atoms with E-state index in [1.54, 1.807) is 0 Å². The third-order valence-electron chi connectivity index (χ3n) is 2.88. The molecule has 0 spiro atoms. The van der Waals surface area contributed by atoms with Crippen molar-refractivity contribution in [2.75, 3.05) is 0 Å². The van der Waals surface area contributed by atoms with Gasteiger partial charge < -0.3 is 0 Å². The zero-order chi connectivity index (χ0) is 12.1.